The Morgan fingerprint density at radius 3 is 2.29 bits per heavy atom. The standard InChI is InChI=1S/C19H24N4O/c1-2-23(16-10-6-5-7-11-16)19(24)17-12-13-18(21-20-17)22-14-8-3-4-9-15-22/h5-7,10-13H,2-4,8-9,14-15H2,1H3. The van der Waals surface area contributed by atoms with Gasteiger partial charge in [0.1, 0.15) is 0 Å². The van der Waals surface area contributed by atoms with Gasteiger partial charge in [-0.15, -0.1) is 10.2 Å². The van der Waals surface area contributed by atoms with E-state index in [1.54, 1.807) is 11.0 Å². The second-order valence-corrected chi connectivity index (χ2v) is 6.06. The lowest BCUT2D eigenvalue weighted by atomic mass is 10.2. The summed E-state index contributed by atoms with van der Waals surface area (Å²) in [5.41, 5.74) is 1.27. The molecule has 0 unspecified atom stereocenters. The molecule has 1 fully saturated rings. The number of aromatic nitrogens is 2. The van der Waals surface area contributed by atoms with Crippen molar-refractivity contribution in [3.8, 4) is 0 Å². The Hall–Kier alpha value is -2.43. The van der Waals surface area contributed by atoms with Crippen LogP contribution in [0.4, 0.5) is 11.5 Å². The zero-order valence-electron chi connectivity index (χ0n) is 14.2. The molecule has 24 heavy (non-hydrogen) atoms. The molecule has 5 heteroatoms. The lowest BCUT2D eigenvalue weighted by Crippen LogP contribution is -2.32. The molecule has 126 valence electrons. The van der Waals surface area contributed by atoms with Crippen LogP contribution in [-0.4, -0.2) is 35.7 Å². The highest BCUT2D eigenvalue weighted by atomic mass is 16.2. The highest BCUT2D eigenvalue weighted by Gasteiger charge is 2.19. The number of amides is 1. The number of hydrogen-bond donors (Lipinski definition) is 0. The third kappa shape index (κ3) is 3.72. The molecule has 0 aliphatic carbocycles. The number of nitrogens with zero attached hydrogens (tertiary/aromatic N) is 4. The second kappa shape index (κ2) is 7.90. The van der Waals surface area contributed by atoms with E-state index in [1.807, 2.05) is 43.3 Å². The maximum absolute atomic E-state index is 12.7. The number of rotatable bonds is 4. The Kier molecular flexibility index (Phi) is 5.41. The quantitative estimate of drug-likeness (QED) is 0.863. The Labute approximate surface area is 143 Å². The number of para-hydroxylation sites is 1. The van der Waals surface area contributed by atoms with Gasteiger partial charge in [-0.2, -0.15) is 0 Å². The fourth-order valence-electron chi connectivity index (χ4n) is 3.10. The van der Waals surface area contributed by atoms with Gasteiger partial charge in [0.25, 0.3) is 5.91 Å². The number of carbonyl (C=O) groups excluding carboxylic acids is 1. The molecule has 0 bridgehead atoms. The summed E-state index contributed by atoms with van der Waals surface area (Å²) in [6.07, 6.45) is 4.95. The summed E-state index contributed by atoms with van der Waals surface area (Å²) >= 11 is 0. The van der Waals surface area contributed by atoms with Crippen molar-refractivity contribution in [1.82, 2.24) is 10.2 Å². The molecular weight excluding hydrogens is 300 g/mol. The molecule has 0 saturated carbocycles. The van der Waals surface area contributed by atoms with Gasteiger partial charge in [-0.05, 0) is 44.0 Å². The van der Waals surface area contributed by atoms with Gasteiger partial charge < -0.3 is 9.80 Å². The zero-order valence-corrected chi connectivity index (χ0v) is 14.2. The number of anilines is 2. The largest absolute Gasteiger partial charge is 0.355 e. The molecule has 1 aromatic carbocycles. The average Bonchev–Trinajstić information content (AvgIpc) is 2.93. The van der Waals surface area contributed by atoms with Crippen LogP contribution in [0.1, 0.15) is 43.1 Å². The predicted molar refractivity (Wildman–Crippen MR) is 96.5 cm³/mol. The highest BCUT2D eigenvalue weighted by Crippen LogP contribution is 2.19. The van der Waals surface area contributed by atoms with E-state index in [-0.39, 0.29) is 5.91 Å². The summed E-state index contributed by atoms with van der Waals surface area (Å²) in [5, 5.41) is 8.50. The molecule has 2 heterocycles. The number of hydrogen-bond acceptors (Lipinski definition) is 4. The molecule has 3 rings (SSSR count). The molecule has 1 aromatic heterocycles. The predicted octanol–water partition coefficient (Wildman–Crippen LogP) is 3.52. The van der Waals surface area contributed by atoms with Gasteiger partial charge in [0, 0.05) is 25.3 Å². The summed E-state index contributed by atoms with van der Waals surface area (Å²) in [7, 11) is 0. The van der Waals surface area contributed by atoms with E-state index < -0.39 is 0 Å². The fraction of sp³-hybridized carbons (Fsp3) is 0.421. The number of carbonyl (C=O) groups is 1. The van der Waals surface area contributed by atoms with E-state index in [9.17, 15) is 4.79 Å². The summed E-state index contributed by atoms with van der Waals surface area (Å²) in [5.74, 6) is 0.759. The van der Waals surface area contributed by atoms with Crippen molar-refractivity contribution in [2.24, 2.45) is 0 Å². The van der Waals surface area contributed by atoms with E-state index in [0.29, 0.717) is 12.2 Å². The van der Waals surface area contributed by atoms with Crippen LogP contribution in [0.5, 0.6) is 0 Å². The van der Waals surface area contributed by atoms with Gasteiger partial charge in [0.15, 0.2) is 11.5 Å². The minimum absolute atomic E-state index is 0.112. The smallest absolute Gasteiger partial charge is 0.278 e. The number of benzene rings is 1. The fourth-order valence-corrected chi connectivity index (χ4v) is 3.10. The summed E-state index contributed by atoms with van der Waals surface area (Å²) < 4.78 is 0. The Morgan fingerprint density at radius 1 is 1.00 bits per heavy atom. The van der Waals surface area contributed by atoms with Gasteiger partial charge >= 0.3 is 0 Å². The molecule has 0 N–H and O–H groups in total. The summed E-state index contributed by atoms with van der Waals surface area (Å²) in [4.78, 5) is 16.7. The molecule has 0 spiro atoms. The van der Waals surface area contributed by atoms with Crippen molar-refractivity contribution in [2.75, 3.05) is 29.4 Å². The second-order valence-electron chi connectivity index (χ2n) is 6.06. The molecule has 5 nitrogen and oxygen atoms in total. The van der Waals surface area contributed by atoms with Crippen molar-refractivity contribution >= 4 is 17.4 Å². The maximum atomic E-state index is 12.7. The van der Waals surface area contributed by atoms with Crippen LogP contribution in [0.15, 0.2) is 42.5 Å². The van der Waals surface area contributed by atoms with E-state index in [4.69, 9.17) is 0 Å². The van der Waals surface area contributed by atoms with Crippen molar-refractivity contribution in [2.45, 2.75) is 32.6 Å². The average molecular weight is 324 g/mol. The first-order valence-corrected chi connectivity index (χ1v) is 8.75. The third-order valence-electron chi connectivity index (χ3n) is 4.43. The molecule has 1 aliphatic heterocycles. The molecular formula is C19H24N4O. The maximum Gasteiger partial charge on any atom is 0.278 e. The molecule has 1 saturated heterocycles. The van der Waals surface area contributed by atoms with Gasteiger partial charge in [-0.1, -0.05) is 31.0 Å². The normalized spacial score (nSPS) is 15.0. The summed E-state index contributed by atoms with van der Waals surface area (Å²) in [6.45, 7) is 4.60. The van der Waals surface area contributed by atoms with E-state index in [0.717, 1.165) is 24.6 Å². The van der Waals surface area contributed by atoms with Crippen molar-refractivity contribution in [3.63, 3.8) is 0 Å². The molecule has 1 amide bonds. The topological polar surface area (TPSA) is 49.3 Å². The van der Waals surface area contributed by atoms with Crippen LogP contribution < -0.4 is 9.80 Å². The Bertz CT molecular complexity index is 649. The van der Waals surface area contributed by atoms with Crippen molar-refractivity contribution < 1.29 is 4.79 Å². The Balaban J connectivity index is 1.75. The lowest BCUT2D eigenvalue weighted by molar-refractivity contribution is 0.0982. The minimum Gasteiger partial charge on any atom is -0.355 e. The van der Waals surface area contributed by atoms with Gasteiger partial charge in [-0.25, -0.2) is 0 Å². The Morgan fingerprint density at radius 2 is 1.71 bits per heavy atom. The van der Waals surface area contributed by atoms with Crippen molar-refractivity contribution in [1.29, 1.82) is 0 Å². The van der Waals surface area contributed by atoms with Crippen molar-refractivity contribution in [3.05, 3.63) is 48.2 Å². The molecule has 2 aromatic rings. The van der Waals surface area contributed by atoms with E-state index in [1.165, 1.54) is 25.7 Å². The zero-order chi connectivity index (χ0) is 16.8. The van der Waals surface area contributed by atoms with Crippen LogP contribution >= 0.6 is 0 Å². The monoisotopic (exact) mass is 324 g/mol. The van der Waals surface area contributed by atoms with Crippen LogP contribution in [0.2, 0.25) is 0 Å². The van der Waals surface area contributed by atoms with Gasteiger partial charge in [-0.3, -0.25) is 4.79 Å². The lowest BCUT2D eigenvalue weighted by Gasteiger charge is -2.22. The van der Waals surface area contributed by atoms with Crippen LogP contribution in [-0.2, 0) is 0 Å². The SMILES string of the molecule is CCN(C(=O)c1ccc(N2CCCCCC2)nn1)c1ccccc1. The van der Waals surface area contributed by atoms with Gasteiger partial charge in [0.2, 0.25) is 0 Å². The van der Waals surface area contributed by atoms with Crippen LogP contribution in [0.25, 0.3) is 0 Å². The van der Waals surface area contributed by atoms with Gasteiger partial charge in [0.05, 0.1) is 0 Å². The third-order valence-corrected chi connectivity index (χ3v) is 4.43. The molecule has 0 atom stereocenters. The summed E-state index contributed by atoms with van der Waals surface area (Å²) in [6, 6.07) is 13.4. The highest BCUT2D eigenvalue weighted by molar-refractivity contribution is 6.04. The minimum atomic E-state index is -0.112. The first-order valence-electron chi connectivity index (χ1n) is 8.75. The van der Waals surface area contributed by atoms with Crippen LogP contribution in [0, 0.1) is 0 Å². The first-order chi connectivity index (χ1) is 11.8. The van der Waals surface area contributed by atoms with Crippen LogP contribution in [0.3, 0.4) is 0 Å². The first kappa shape index (κ1) is 16.4. The molecule has 0 radical (unpaired) electrons. The van der Waals surface area contributed by atoms with E-state index in [2.05, 4.69) is 15.1 Å². The van der Waals surface area contributed by atoms with E-state index >= 15 is 0 Å². The molecule has 1 aliphatic rings.